The number of benzene rings is 2. The van der Waals surface area contributed by atoms with E-state index in [-0.39, 0.29) is 5.92 Å². The Balaban J connectivity index is 1.60. The van der Waals surface area contributed by atoms with E-state index in [2.05, 4.69) is 5.32 Å². The molecule has 2 saturated heterocycles. The Labute approximate surface area is 211 Å². The van der Waals surface area contributed by atoms with Gasteiger partial charge in [-0.2, -0.15) is 0 Å². The van der Waals surface area contributed by atoms with Crippen molar-refractivity contribution in [1.82, 2.24) is 10.2 Å². The Morgan fingerprint density at radius 2 is 1.64 bits per heavy atom. The van der Waals surface area contributed by atoms with Crippen LogP contribution in [0.25, 0.3) is 0 Å². The van der Waals surface area contributed by atoms with E-state index in [4.69, 9.17) is 14.2 Å². The molecule has 2 aliphatic rings. The molecular formula is C28H34N2O6. The first-order chi connectivity index (χ1) is 17.1. The van der Waals surface area contributed by atoms with Crippen molar-refractivity contribution in [2.24, 2.45) is 5.92 Å². The number of hydrogen-bond acceptors (Lipinski definition) is 6. The van der Waals surface area contributed by atoms with Crippen molar-refractivity contribution in [3.8, 4) is 0 Å². The van der Waals surface area contributed by atoms with Crippen molar-refractivity contribution >= 4 is 17.8 Å². The van der Waals surface area contributed by atoms with Crippen molar-refractivity contribution < 1.29 is 28.6 Å². The van der Waals surface area contributed by atoms with Gasteiger partial charge in [-0.05, 0) is 30.9 Å². The van der Waals surface area contributed by atoms with E-state index < -0.39 is 47.4 Å². The first kappa shape index (κ1) is 25.9. The maximum absolute atomic E-state index is 13.6. The average molecular weight is 495 g/mol. The topological polar surface area (TPSA) is 94.2 Å². The smallest absolute Gasteiger partial charge is 0.352 e. The van der Waals surface area contributed by atoms with E-state index >= 15 is 0 Å². The van der Waals surface area contributed by atoms with Gasteiger partial charge in [0.25, 0.3) is 17.4 Å². The number of esters is 1. The summed E-state index contributed by atoms with van der Waals surface area (Å²) in [6.07, 6.45) is -1.60. The van der Waals surface area contributed by atoms with Crippen LogP contribution >= 0.6 is 0 Å². The molecule has 36 heavy (non-hydrogen) atoms. The number of likely N-dealkylation sites (tertiary alicyclic amines) is 1. The van der Waals surface area contributed by atoms with Crippen LogP contribution in [-0.2, 0) is 28.6 Å². The molecule has 2 fully saturated rings. The number of ether oxygens (including phenoxy) is 3. The lowest BCUT2D eigenvalue weighted by Gasteiger charge is -2.35. The van der Waals surface area contributed by atoms with Gasteiger partial charge in [-0.25, -0.2) is 4.79 Å². The van der Waals surface area contributed by atoms with Gasteiger partial charge in [-0.1, -0.05) is 74.5 Å². The summed E-state index contributed by atoms with van der Waals surface area (Å²) in [5.41, 5.74) is -1.12. The summed E-state index contributed by atoms with van der Waals surface area (Å²) in [5, 5.41) is 3.05. The van der Waals surface area contributed by atoms with Crippen LogP contribution in [0.3, 0.4) is 0 Å². The second-order valence-corrected chi connectivity index (χ2v) is 9.86. The molecule has 8 nitrogen and oxygen atoms in total. The Bertz CT molecular complexity index is 1070. The molecule has 192 valence electrons. The first-order valence-corrected chi connectivity index (χ1v) is 12.4. The maximum atomic E-state index is 13.6. The van der Waals surface area contributed by atoms with Gasteiger partial charge in [0.1, 0.15) is 11.8 Å². The molecule has 2 bridgehead atoms. The van der Waals surface area contributed by atoms with E-state index in [1.165, 1.54) is 4.90 Å². The lowest BCUT2D eigenvalue weighted by Crippen LogP contribution is -2.60. The monoisotopic (exact) mass is 494 g/mol. The summed E-state index contributed by atoms with van der Waals surface area (Å²) in [5.74, 6) is -2.23. The number of piperidine rings is 1. The Kier molecular flexibility index (Phi) is 7.20. The van der Waals surface area contributed by atoms with E-state index in [0.717, 1.165) is 11.1 Å². The quantitative estimate of drug-likeness (QED) is 0.425. The van der Waals surface area contributed by atoms with Gasteiger partial charge in [0.05, 0.1) is 6.04 Å². The van der Waals surface area contributed by atoms with Gasteiger partial charge in [0.2, 0.25) is 0 Å². The second-order valence-electron chi connectivity index (χ2n) is 9.86. The van der Waals surface area contributed by atoms with Crippen LogP contribution in [0.15, 0.2) is 60.7 Å². The van der Waals surface area contributed by atoms with Crippen molar-refractivity contribution in [2.75, 3.05) is 13.7 Å². The van der Waals surface area contributed by atoms with Gasteiger partial charge in [-0.3, -0.25) is 9.59 Å². The van der Waals surface area contributed by atoms with E-state index in [0.29, 0.717) is 13.0 Å². The molecule has 2 amide bonds. The molecule has 2 aliphatic heterocycles. The number of hydrogen-bond donors (Lipinski definition) is 1. The summed E-state index contributed by atoms with van der Waals surface area (Å²) in [6, 6.07) is 18.7. The van der Waals surface area contributed by atoms with Crippen LogP contribution in [-0.4, -0.2) is 59.9 Å². The molecule has 8 heteroatoms. The van der Waals surface area contributed by atoms with Crippen LogP contribution < -0.4 is 5.32 Å². The van der Waals surface area contributed by atoms with Crippen molar-refractivity contribution in [1.29, 1.82) is 0 Å². The number of nitrogens with zero attached hydrogens (tertiary/aromatic N) is 1. The zero-order valence-electron chi connectivity index (χ0n) is 21.4. The van der Waals surface area contributed by atoms with Crippen molar-refractivity contribution in [3.05, 3.63) is 71.8 Å². The largest absolute Gasteiger partial charge is 0.449 e. The second kappa shape index (κ2) is 10.0. The molecule has 0 unspecified atom stereocenters. The summed E-state index contributed by atoms with van der Waals surface area (Å²) < 4.78 is 17.6. The van der Waals surface area contributed by atoms with Crippen molar-refractivity contribution in [2.45, 2.75) is 63.7 Å². The number of carbonyl (C=O) groups is 3. The molecule has 0 aromatic heterocycles. The molecule has 2 aromatic carbocycles. The number of amides is 2. The van der Waals surface area contributed by atoms with E-state index in [1.807, 2.05) is 60.7 Å². The zero-order valence-corrected chi connectivity index (χ0v) is 21.4. The fraction of sp³-hybridized carbons (Fsp3) is 0.464. The van der Waals surface area contributed by atoms with Crippen LogP contribution in [0.4, 0.5) is 0 Å². The summed E-state index contributed by atoms with van der Waals surface area (Å²) in [6.45, 7) is 7.42. The normalized spacial score (nSPS) is 25.9. The highest BCUT2D eigenvalue weighted by Crippen LogP contribution is 2.50. The number of nitrogens with one attached hydrogen (secondary N) is 1. The lowest BCUT2D eigenvalue weighted by atomic mass is 9.89. The minimum absolute atomic E-state index is 0.306. The van der Waals surface area contributed by atoms with E-state index in [9.17, 15) is 14.4 Å². The van der Waals surface area contributed by atoms with Crippen LogP contribution in [0, 0.1) is 5.92 Å². The fourth-order valence-electron chi connectivity index (χ4n) is 5.00. The predicted octanol–water partition coefficient (Wildman–Crippen LogP) is 3.21. The summed E-state index contributed by atoms with van der Waals surface area (Å²) in [4.78, 5) is 41.8. The third-order valence-electron chi connectivity index (χ3n) is 7.05. The third-order valence-corrected chi connectivity index (χ3v) is 7.05. The number of rotatable bonds is 9. The minimum Gasteiger partial charge on any atom is -0.449 e. The van der Waals surface area contributed by atoms with Crippen molar-refractivity contribution in [3.63, 3.8) is 0 Å². The number of fused-ring (bicyclic) bond motifs is 2. The maximum Gasteiger partial charge on any atom is 0.352 e. The van der Waals surface area contributed by atoms with Crippen LogP contribution in [0.2, 0.25) is 0 Å². The van der Waals surface area contributed by atoms with Crippen LogP contribution in [0.5, 0.6) is 0 Å². The average Bonchev–Trinajstić information content (AvgIpc) is 3.29. The highest BCUT2D eigenvalue weighted by Gasteiger charge is 2.74. The number of carbonyl (C=O) groups excluding carboxylic acids is 3. The Morgan fingerprint density at radius 1 is 1.08 bits per heavy atom. The molecule has 4 rings (SSSR count). The van der Waals surface area contributed by atoms with Gasteiger partial charge < -0.3 is 24.4 Å². The molecule has 0 radical (unpaired) electrons. The van der Waals surface area contributed by atoms with Gasteiger partial charge in [0.15, 0.2) is 6.10 Å². The standard InChI is InChI=1S/C28H34N2O6/c1-6-34-21-17-27(4)30(5)25(32)28(21,36-27)26(33)35-23(18(2)3)24(31)29-22(19-13-9-7-10-14-19)20-15-11-8-12-16-20/h7-16,18,21-23H,6,17H2,1-5H3,(H,29,31)/t21-,23+,27-,28+/m1/s1. The number of likely N-dealkylation sites (N-methyl/N-ethyl adjacent to an activating group) is 1. The Hall–Kier alpha value is -3.23. The van der Waals surface area contributed by atoms with E-state index in [1.54, 1.807) is 34.7 Å². The summed E-state index contributed by atoms with van der Waals surface area (Å²) in [7, 11) is 1.59. The molecule has 2 heterocycles. The summed E-state index contributed by atoms with van der Waals surface area (Å²) >= 11 is 0. The molecule has 0 spiro atoms. The molecule has 2 aromatic rings. The minimum atomic E-state index is -1.93. The molecular weight excluding hydrogens is 460 g/mol. The molecule has 0 saturated carbocycles. The zero-order chi connectivity index (χ0) is 26.1. The first-order valence-electron chi connectivity index (χ1n) is 12.4. The molecule has 1 N–H and O–H groups in total. The highest BCUT2D eigenvalue weighted by molar-refractivity contribution is 6.10. The van der Waals surface area contributed by atoms with Gasteiger partial charge in [-0.15, -0.1) is 0 Å². The lowest BCUT2D eigenvalue weighted by molar-refractivity contribution is -0.188. The Morgan fingerprint density at radius 3 is 2.11 bits per heavy atom. The molecule has 0 aliphatic carbocycles. The highest BCUT2D eigenvalue weighted by atomic mass is 16.6. The van der Waals surface area contributed by atoms with Gasteiger partial charge >= 0.3 is 5.97 Å². The van der Waals surface area contributed by atoms with Crippen LogP contribution in [0.1, 0.15) is 51.3 Å². The fourth-order valence-corrected chi connectivity index (χ4v) is 5.00. The predicted molar refractivity (Wildman–Crippen MR) is 133 cm³/mol. The third kappa shape index (κ3) is 4.40. The molecule has 4 atom stereocenters. The van der Waals surface area contributed by atoms with Gasteiger partial charge in [0, 0.05) is 20.1 Å². The SMILES string of the molecule is CCO[C@@H]1C[C@@]2(C)O[C@]1(C(=O)O[C@H](C(=O)NC(c1ccccc1)c1ccccc1)C(C)C)C(=O)N2C.